The summed E-state index contributed by atoms with van der Waals surface area (Å²) in [7, 11) is 3.36. The Bertz CT molecular complexity index is 543. The van der Waals surface area contributed by atoms with Crippen LogP contribution in [0.3, 0.4) is 0 Å². The predicted molar refractivity (Wildman–Crippen MR) is 62.2 cm³/mol. The highest BCUT2D eigenvalue weighted by molar-refractivity contribution is 5.86. The van der Waals surface area contributed by atoms with Gasteiger partial charge in [0, 0.05) is 18.8 Å². The number of carboxylic acids is 1. The van der Waals surface area contributed by atoms with Crippen molar-refractivity contribution in [1.29, 1.82) is 0 Å². The molecule has 1 aromatic carbocycles. The summed E-state index contributed by atoms with van der Waals surface area (Å²) in [4.78, 5) is 14.9. The summed E-state index contributed by atoms with van der Waals surface area (Å²) < 4.78 is 6.74. The van der Waals surface area contributed by atoms with Crippen LogP contribution in [-0.4, -0.2) is 27.7 Å². The Hall–Kier alpha value is -2.30. The van der Waals surface area contributed by atoms with Gasteiger partial charge in [-0.05, 0) is 24.3 Å². The summed E-state index contributed by atoms with van der Waals surface area (Å²) in [5, 5.41) is 8.86. The first-order valence-electron chi connectivity index (χ1n) is 5.03. The standard InChI is InChI=1S/C12H12N2O3/c1-14-7-10(12(15)16)13-11(14)8-3-5-9(17-2)6-4-8/h3-7H,1-2H3,(H,15,16). The lowest BCUT2D eigenvalue weighted by atomic mass is 10.2. The van der Waals surface area contributed by atoms with Crippen LogP contribution in [0.2, 0.25) is 0 Å². The van der Waals surface area contributed by atoms with Gasteiger partial charge in [0.25, 0.3) is 0 Å². The SMILES string of the molecule is COc1ccc(-c2nc(C(=O)O)cn2C)cc1. The molecule has 88 valence electrons. The number of aromatic carboxylic acids is 1. The number of imidazole rings is 1. The number of nitrogens with zero attached hydrogens (tertiary/aromatic N) is 2. The Labute approximate surface area is 98.3 Å². The summed E-state index contributed by atoms with van der Waals surface area (Å²) in [5.74, 6) is 0.340. The van der Waals surface area contributed by atoms with E-state index in [2.05, 4.69) is 4.98 Å². The third-order valence-corrected chi connectivity index (χ3v) is 2.44. The van der Waals surface area contributed by atoms with Gasteiger partial charge in [-0.1, -0.05) is 0 Å². The van der Waals surface area contributed by atoms with Crippen molar-refractivity contribution in [1.82, 2.24) is 9.55 Å². The van der Waals surface area contributed by atoms with E-state index in [-0.39, 0.29) is 5.69 Å². The minimum absolute atomic E-state index is 0.0401. The van der Waals surface area contributed by atoms with Crippen LogP contribution in [0.25, 0.3) is 11.4 Å². The van der Waals surface area contributed by atoms with E-state index in [9.17, 15) is 4.79 Å². The van der Waals surface area contributed by atoms with Crippen molar-refractivity contribution in [3.8, 4) is 17.1 Å². The molecule has 0 unspecified atom stereocenters. The van der Waals surface area contributed by atoms with Gasteiger partial charge in [0.1, 0.15) is 11.6 Å². The number of ether oxygens (including phenoxy) is 1. The lowest BCUT2D eigenvalue weighted by Gasteiger charge is -2.03. The van der Waals surface area contributed by atoms with Gasteiger partial charge < -0.3 is 14.4 Å². The Morgan fingerprint density at radius 3 is 2.47 bits per heavy atom. The van der Waals surface area contributed by atoms with Crippen LogP contribution in [0.1, 0.15) is 10.5 Å². The molecule has 0 radical (unpaired) electrons. The summed E-state index contributed by atoms with van der Waals surface area (Å²) >= 11 is 0. The van der Waals surface area contributed by atoms with Crippen molar-refractivity contribution >= 4 is 5.97 Å². The van der Waals surface area contributed by atoms with Crippen LogP contribution < -0.4 is 4.74 Å². The molecule has 0 aliphatic heterocycles. The van der Waals surface area contributed by atoms with Gasteiger partial charge in [0.05, 0.1) is 7.11 Å². The molecule has 0 atom stereocenters. The highest BCUT2D eigenvalue weighted by Crippen LogP contribution is 2.21. The second kappa shape index (κ2) is 4.29. The van der Waals surface area contributed by atoms with E-state index in [1.807, 2.05) is 24.3 Å². The maximum atomic E-state index is 10.8. The van der Waals surface area contributed by atoms with Crippen molar-refractivity contribution in [2.24, 2.45) is 7.05 Å². The molecule has 1 N–H and O–H groups in total. The zero-order chi connectivity index (χ0) is 12.4. The van der Waals surface area contributed by atoms with E-state index in [1.165, 1.54) is 6.20 Å². The van der Waals surface area contributed by atoms with Gasteiger partial charge in [0.15, 0.2) is 5.69 Å². The molecule has 0 saturated carbocycles. The molecule has 0 saturated heterocycles. The van der Waals surface area contributed by atoms with Crippen molar-refractivity contribution in [2.75, 3.05) is 7.11 Å². The average Bonchev–Trinajstić information content (AvgIpc) is 2.72. The Kier molecular flexibility index (Phi) is 2.82. The molecule has 1 aromatic heterocycles. The monoisotopic (exact) mass is 232 g/mol. The summed E-state index contributed by atoms with van der Waals surface area (Å²) in [6, 6.07) is 7.30. The average molecular weight is 232 g/mol. The van der Waals surface area contributed by atoms with Gasteiger partial charge in [0.2, 0.25) is 0 Å². The molecule has 0 spiro atoms. The first-order valence-corrected chi connectivity index (χ1v) is 5.03. The van der Waals surface area contributed by atoms with E-state index in [0.717, 1.165) is 11.3 Å². The van der Waals surface area contributed by atoms with Crippen molar-refractivity contribution < 1.29 is 14.6 Å². The number of methoxy groups -OCH3 is 1. The molecule has 0 bridgehead atoms. The highest BCUT2D eigenvalue weighted by atomic mass is 16.5. The maximum absolute atomic E-state index is 10.8. The molecule has 2 aromatic rings. The van der Waals surface area contributed by atoms with Crippen LogP contribution in [-0.2, 0) is 7.05 Å². The molecule has 5 nitrogen and oxygen atoms in total. The number of carboxylic acid groups (broad SMARTS) is 1. The topological polar surface area (TPSA) is 64.3 Å². The van der Waals surface area contributed by atoms with E-state index in [4.69, 9.17) is 9.84 Å². The second-order valence-corrected chi connectivity index (χ2v) is 3.59. The quantitative estimate of drug-likeness (QED) is 0.876. The fraction of sp³-hybridized carbons (Fsp3) is 0.167. The summed E-state index contributed by atoms with van der Waals surface area (Å²) in [5.41, 5.74) is 0.888. The molecule has 17 heavy (non-hydrogen) atoms. The van der Waals surface area contributed by atoms with Crippen LogP contribution in [0, 0.1) is 0 Å². The number of hydrogen-bond donors (Lipinski definition) is 1. The van der Waals surface area contributed by atoms with E-state index in [0.29, 0.717) is 5.82 Å². The fourth-order valence-electron chi connectivity index (χ4n) is 1.58. The normalized spacial score (nSPS) is 10.2. The van der Waals surface area contributed by atoms with Gasteiger partial charge in [-0.2, -0.15) is 0 Å². The van der Waals surface area contributed by atoms with Gasteiger partial charge >= 0.3 is 5.97 Å². The minimum atomic E-state index is -1.03. The number of aryl methyl sites for hydroxylation is 1. The highest BCUT2D eigenvalue weighted by Gasteiger charge is 2.12. The van der Waals surface area contributed by atoms with E-state index >= 15 is 0 Å². The summed E-state index contributed by atoms with van der Waals surface area (Å²) in [6.45, 7) is 0. The predicted octanol–water partition coefficient (Wildman–Crippen LogP) is 1.79. The molecular formula is C12H12N2O3. The number of aromatic nitrogens is 2. The Balaban J connectivity index is 2.41. The second-order valence-electron chi connectivity index (χ2n) is 3.59. The van der Waals surface area contributed by atoms with Crippen LogP contribution in [0.4, 0.5) is 0 Å². The minimum Gasteiger partial charge on any atom is -0.497 e. The number of rotatable bonds is 3. The van der Waals surface area contributed by atoms with Crippen LogP contribution in [0.15, 0.2) is 30.5 Å². The first-order chi connectivity index (χ1) is 8.11. The van der Waals surface area contributed by atoms with Gasteiger partial charge in [-0.25, -0.2) is 9.78 Å². The molecular weight excluding hydrogens is 220 g/mol. The van der Waals surface area contributed by atoms with Crippen molar-refractivity contribution in [3.63, 3.8) is 0 Å². The van der Waals surface area contributed by atoms with Crippen LogP contribution >= 0.6 is 0 Å². The van der Waals surface area contributed by atoms with Crippen molar-refractivity contribution in [2.45, 2.75) is 0 Å². The molecule has 0 aliphatic rings. The number of hydrogen-bond acceptors (Lipinski definition) is 3. The largest absolute Gasteiger partial charge is 0.497 e. The fourth-order valence-corrected chi connectivity index (χ4v) is 1.58. The smallest absolute Gasteiger partial charge is 0.356 e. The molecule has 5 heteroatoms. The molecule has 0 fully saturated rings. The Morgan fingerprint density at radius 2 is 2.00 bits per heavy atom. The van der Waals surface area contributed by atoms with E-state index < -0.39 is 5.97 Å². The molecule has 0 aliphatic carbocycles. The van der Waals surface area contributed by atoms with Crippen molar-refractivity contribution in [3.05, 3.63) is 36.2 Å². The lowest BCUT2D eigenvalue weighted by molar-refractivity contribution is 0.0691. The molecule has 2 rings (SSSR count). The number of carbonyl (C=O) groups is 1. The van der Waals surface area contributed by atoms with Gasteiger partial charge in [-0.15, -0.1) is 0 Å². The zero-order valence-electron chi connectivity index (χ0n) is 9.54. The maximum Gasteiger partial charge on any atom is 0.356 e. The Morgan fingerprint density at radius 1 is 1.35 bits per heavy atom. The van der Waals surface area contributed by atoms with Gasteiger partial charge in [-0.3, -0.25) is 0 Å². The third-order valence-electron chi connectivity index (χ3n) is 2.44. The van der Waals surface area contributed by atoms with E-state index in [1.54, 1.807) is 18.7 Å². The first kappa shape index (κ1) is 11.2. The number of benzene rings is 1. The zero-order valence-corrected chi connectivity index (χ0v) is 9.54. The third kappa shape index (κ3) is 2.13. The lowest BCUT2D eigenvalue weighted by Crippen LogP contribution is -1.95. The summed E-state index contributed by atoms with van der Waals surface area (Å²) in [6.07, 6.45) is 1.49. The van der Waals surface area contributed by atoms with Crippen LogP contribution in [0.5, 0.6) is 5.75 Å². The molecule has 1 heterocycles. The molecule has 0 amide bonds.